The quantitative estimate of drug-likeness (QED) is 0.887. The fraction of sp³-hybridized carbons (Fsp3) is 0.529. The molecule has 0 aliphatic carbocycles. The molecule has 1 aromatic heterocycles. The van der Waals surface area contributed by atoms with E-state index in [2.05, 4.69) is 53.3 Å². The maximum Gasteiger partial charge on any atom is 0.0594 e. The Labute approximate surface area is 126 Å². The van der Waals surface area contributed by atoms with Crippen LogP contribution in [0.15, 0.2) is 30.5 Å². The van der Waals surface area contributed by atoms with E-state index in [-0.39, 0.29) is 5.54 Å². The number of aromatic amines is 1. The topological polar surface area (TPSA) is 40.3 Å². The van der Waals surface area contributed by atoms with Crippen LogP contribution in [0.2, 0.25) is 0 Å². The lowest BCUT2D eigenvalue weighted by molar-refractivity contribution is -0.00966. The van der Waals surface area contributed by atoms with Crippen molar-refractivity contribution in [3.63, 3.8) is 0 Å². The van der Waals surface area contributed by atoms with Gasteiger partial charge >= 0.3 is 0 Å². The van der Waals surface area contributed by atoms with E-state index in [1.807, 2.05) is 6.20 Å². The Hall–Kier alpha value is -1.36. The molecule has 2 aromatic rings. The Kier molecular flexibility index (Phi) is 4.29. The third-order valence-electron chi connectivity index (χ3n) is 4.43. The summed E-state index contributed by atoms with van der Waals surface area (Å²) in [7, 11) is 0. The third-order valence-corrected chi connectivity index (χ3v) is 4.43. The summed E-state index contributed by atoms with van der Waals surface area (Å²) in [6.45, 7) is 10.3. The van der Waals surface area contributed by atoms with Gasteiger partial charge in [-0.25, -0.2) is 0 Å². The van der Waals surface area contributed by atoms with E-state index in [9.17, 15) is 0 Å². The van der Waals surface area contributed by atoms with Gasteiger partial charge in [0, 0.05) is 48.8 Å². The van der Waals surface area contributed by atoms with Crippen LogP contribution < -0.4 is 5.32 Å². The lowest BCUT2D eigenvalue weighted by Crippen LogP contribution is -2.54. The molecular weight excluding hydrogens is 262 g/mol. The molecule has 0 unspecified atom stereocenters. The largest absolute Gasteiger partial charge is 0.379 e. The van der Waals surface area contributed by atoms with Crippen molar-refractivity contribution in [1.82, 2.24) is 15.2 Å². The average molecular weight is 287 g/mol. The van der Waals surface area contributed by atoms with E-state index >= 15 is 0 Å². The highest BCUT2D eigenvalue weighted by Crippen LogP contribution is 2.18. The molecule has 4 nitrogen and oxygen atoms in total. The molecule has 1 fully saturated rings. The van der Waals surface area contributed by atoms with E-state index in [0.29, 0.717) is 0 Å². The Morgan fingerprint density at radius 2 is 2.05 bits per heavy atom. The molecule has 1 aliphatic rings. The Morgan fingerprint density at radius 3 is 2.86 bits per heavy atom. The van der Waals surface area contributed by atoms with Gasteiger partial charge in [0.05, 0.1) is 13.2 Å². The first-order valence-electron chi connectivity index (χ1n) is 7.75. The van der Waals surface area contributed by atoms with E-state index < -0.39 is 0 Å². The molecule has 0 atom stereocenters. The number of H-pyrrole nitrogens is 1. The Morgan fingerprint density at radius 1 is 1.24 bits per heavy atom. The van der Waals surface area contributed by atoms with Crippen molar-refractivity contribution in [2.24, 2.45) is 0 Å². The highest BCUT2D eigenvalue weighted by Gasteiger charge is 2.27. The first kappa shape index (κ1) is 14.6. The van der Waals surface area contributed by atoms with Crippen LogP contribution in [0.4, 0.5) is 0 Å². The zero-order valence-electron chi connectivity index (χ0n) is 13.0. The van der Waals surface area contributed by atoms with Crippen LogP contribution in [0.1, 0.15) is 19.4 Å². The zero-order chi connectivity index (χ0) is 14.7. The summed E-state index contributed by atoms with van der Waals surface area (Å²) in [5, 5.41) is 4.94. The second-order valence-electron chi connectivity index (χ2n) is 6.37. The smallest absolute Gasteiger partial charge is 0.0594 e. The fourth-order valence-electron chi connectivity index (χ4n) is 3.09. The second kappa shape index (κ2) is 6.18. The van der Waals surface area contributed by atoms with Crippen LogP contribution in [0.25, 0.3) is 10.9 Å². The van der Waals surface area contributed by atoms with E-state index in [1.165, 1.54) is 16.5 Å². The molecule has 1 aliphatic heterocycles. The van der Waals surface area contributed by atoms with Crippen molar-refractivity contribution in [3.05, 3.63) is 36.0 Å². The lowest BCUT2D eigenvalue weighted by atomic mass is 10.0. The molecule has 0 saturated carbocycles. The van der Waals surface area contributed by atoms with Crippen LogP contribution in [0, 0.1) is 0 Å². The minimum absolute atomic E-state index is 0.163. The monoisotopic (exact) mass is 287 g/mol. The van der Waals surface area contributed by atoms with Crippen LogP contribution >= 0.6 is 0 Å². The molecule has 4 heteroatoms. The number of aromatic nitrogens is 1. The van der Waals surface area contributed by atoms with Crippen molar-refractivity contribution in [3.8, 4) is 0 Å². The summed E-state index contributed by atoms with van der Waals surface area (Å²) in [6, 6.07) is 8.59. The summed E-state index contributed by atoms with van der Waals surface area (Å²) in [6.07, 6.45) is 2.01. The van der Waals surface area contributed by atoms with Gasteiger partial charge in [-0.15, -0.1) is 0 Å². The van der Waals surface area contributed by atoms with Gasteiger partial charge < -0.3 is 15.0 Å². The van der Waals surface area contributed by atoms with Crippen molar-refractivity contribution >= 4 is 10.9 Å². The molecule has 1 aromatic carbocycles. The predicted molar refractivity (Wildman–Crippen MR) is 86.5 cm³/mol. The van der Waals surface area contributed by atoms with Crippen molar-refractivity contribution in [2.75, 3.05) is 32.8 Å². The lowest BCUT2D eigenvalue weighted by Gasteiger charge is -2.41. The summed E-state index contributed by atoms with van der Waals surface area (Å²) in [5.41, 5.74) is 2.73. The summed E-state index contributed by atoms with van der Waals surface area (Å²) in [4.78, 5) is 5.78. The normalized spacial score (nSPS) is 17.4. The van der Waals surface area contributed by atoms with Gasteiger partial charge in [0.2, 0.25) is 0 Å². The number of fused-ring (bicyclic) bond motifs is 1. The first-order chi connectivity index (χ1) is 10.2. The molecule has 0 bridgehead atoms. The Balaban J connectivity index is 1.59. The molecule has 0 spiro atoms. The number of morpholine rings is 1. The van der Waals surface area contributed by atoms with E-state index in [4.69, 9.17) is 4.74 Å². The Bertz CT molecular complexity index is 584. The molecule has 2 N–H and O–H groups in total. The molecule has 114 valence electrons. The first-order valence-corrected chi connectivity index (χ1v) is 7.75. The van der Waals surface area contributed by atoms with Gasteiger partial charge in [0.1, 0.15) is 0 Å². The summed E-state index contributed by atoms with van der Waals surface area (Å²) < 4.78 is 5.44. The number of ether oxygens (including phenoxy) is 1. The molecule has 2 heterocycles. The van der Waals surface area contributed by atoms with Crippen LogP contribution in [0.5, 0.6) is 0 Å². The predicted octanol–water partition coefficient (Wildman–Crippen LogP) is 2.37. The van der Waals surface area contributed by atoms with Gasteiger partial charge in [0.15, 0.2) is 0 Å². The zero-order valence-corrected chi connectivity index (χ0v) is 13.0. The van der Waals surface area contributed by atoms with Crippen LogP contribution in [-0.4, -0.2) is 48.3 Å². The van der Waals surface area contributed by atoms with Crippen molar-refractivity contribution in [1.29, 1.82) is 0 Å². The number of hydrogen-bond acceptors (Lipinski definition) is 3. The van der Waals surface area contributed by atoms with Gasteiger partial charge in [-0.2, -0.15) is 0 Å². The van der Waals surface area contributed by atoms with Crippen LogP contribution in [0.3, 0.4) is 0 Å². The molecule has 0 amide bonds. The average Bonchev–Trinajstić information content (AvgIpc) is 2.97. The third kappa shape index (κ3) is 3.28. The second-order valence-corrected chi connectivity index (χ2v) is 6.37. The molecule has 21 heavy (non-hydrogen) atoms. The number of nitrogens with one attached hydrogen (secondary N) is 2. The number of rotatable bonds is 5. The van der Waals surface area contributed by atoms with Crippen molar-refractivity contribution in [2.45, 2.75) is 25.9 Å². The fourth-order valence-corrected chi connectivity index (χ4v) is 3.09. The van der Waals surface area contributed by atoms with Gasteiger partial charge in [-0.1, -0.05) is 12.1 Å². The van der Waals surface area contributed by atoms with Gasteiger partial charge in [-0.05, 0) is 31.5 Å². The molecular formula is C17H25N3O. The van der Waals surface area contributed by atoms with Gasteiger partial charge in [-0.3, -0.25) is 4.90 Å². The summed E-state index contributed by atoms with van der Waals surface area (Å²) >= 11 is 0. The minimum Gasteiger partial charge on any atom is -0.379 e. The minimum atomic E-state index is 0.163. The summed E-state index contributed by atoms with van der Waals surface area (Å²) in [5.74, 6) is 0. The number of nitrogens with zero attached hydrogens (tertiary/aromatic N) is 1. The highest BCUT2D eigenvalue weighted by molar-refractivity contribution is 5.82. The number of hydrogen-bond donors (Lipinski definition) is 2. The molecule has 3 rings (SSSR count). The standard InChI is InChI=1S/C17H25N3O/c1-17(2,20-8-10-21-11-9-20)13-18-12-14-4-3-5-16-15(14)6-7-19-16/h3-7,18-19H,8-13H2,1-2H3. The van der Waals surface area contributed by atoms with Gasteiger partial charge in [0.25, 0.3) is 0 Å². The van der Waals surface area contributed by atoms with Crippen molar-refractivity contribution < 1.29 is 4.74 Å². The van der Waals surface area contributed by atoms with E-state index in [1.54, 1.807) is 0 Å². The van der Waals surface area contributed by atoms with Crippen LogP contribution in [-0.2, 0) is 11.3 Å². The highest BCUT2D eigenvalue weighted by atomic mass is 16.5. The van der Waals surface area contributed by atoms with E-state index in [0.717, 1.165) is 39.4 Å². The SMILES string of the molecule is CC(C)(CNCc1cccc2[nH]ccc12)N1CCOCC1. The maximum atomic E-state index is 5.44. The molecule has 1 saturated heterocycles. The molecule has 0 radical (unpaired) electrons. The maximum absolute atomic E-state index is 5.44. The number of benzene rings is 1.